The number of carbonyl (C=O) groups is 1. The van der Waals surface area contributed by atoms with E-state index >= 15 is 0 Å². The van der Waals surface area contributed by atoms with E-state index in [0.29, 0.717) is 5.92 Å². The Hall–Kier alpha value is -1.36. The van der Waals surface area contributed by atoms with Crippen molar-refractivity contribution in [2.24, 2.45) is 5.92 Å². The standard InChI is InChI=1S/C16H24N2O2S/c1-16(2,3)20-15(19)18-14-7-5-4-6-13(14)17-10-12-8-9-21-11-12/h4-7,12,17H,8-11H2,1-3H3,(H,18,19). The van der Waals surface area contributed by atoms with Crippen molar-refractivity contribution in [3.8, 4) is 0 Å². The van der Waals surface area contributed by atoms with Crippen molar-refractivity contribution < 1.29 is 9.53 Å². The van der Waals surface area contributed by atoms with Gasteiger partial charge in [-0.2, -0.15) is 11.8 Å². The van der Waals surface area contributed by atoms with E-state index in [1.165, 1.54) is 17.9 Å². The first-order chi connectivity index (χ1) is 9.94. The van der Waals surface area contributed by atoms with Gasteiger partial charge in [-0.05, 0) is 56.7 Å². The fourth-order valence-electron chi connectivity index (χ4n) is 2.16. The summed E-state index contributed by atoms with van der Waals surface area (Å²) in [6, 6.07) is 7.74. The van der Waals surface area contributed by atoms with Gasteiger partial charge in [0, 0.05) is 6.54 Å². The summed E-state index contributed by atoms with van der Waals surface area (Å²) in [5.74, 6) is 3.18. The minimum atomic E-state index is -0.493. The van der Waals surface area contributed by atoms with Crippen molar-refractivity contribution in [1.82, 2.24) is 0 Å². The van der Waals surface area contributed by atoms with Crippen molar-refractivity contribution in [1.29, 1.82) is 0 Å². The fourth-order valence-corrected chi connectivity index (χ4v) is 3.44. The van der Waals surface area contributed by atoms with Gasteiger partial charge in [0.2, 0.25) is 0 Å². The smallest absolute Gasteiger partial charge is 0.412 e. The molecular weight excluding hydrogens is 284 g/mol. The van der Waals surface area contributed by atoms with Gasteiger partial charge in [0.15, 0.2) is 0 Å². The van der Waals surface area contributed by atoms with E-state index in [0.717, 1.165) is 17.9 Å². The lowest BCUT2D eigenvalue weighted by Gasteiger charge is -2.21. The number of hydrogen-bond donors (Lipinski definition) is 2. The molecule has 5 heteroatoms. The molecule has 1 unspecified atom stereocenters. The van der Waals surface area contributed by atoms with Gasteiger partial charge in [0.1, 0.15) is 5.60 Å². The Balaban J connectivity index is 1.94. The molecule has 21 heavy (non-hydrogen) atoms. The van der Waals surface area contributed by atoms with Crippen LogP contribution in [0.4, 0.5) is 16.2 Å². The molecule has 1 aliphatic heterocycles. The van der Waals surface area contributed by atoms with Crippen LogP contribution in [0, 0.1) is 5.92 Å². The molecule has 0 bridgehead atoms. The third-order valence-electron chi connectivity index (χ3n) is 3.17. The highest BCUT2D eigenvalue weighted by Gasteiger charge is 2.18. The van der Waals surface area contributed by atoms with Crippen molar-refractivity contribution in [2.75, 3.05) is 28.7 Å². The number of thioether (sulfide) groups is 1. The minimum absolute atomic E-state index is 0.423. The van der Waals surface area contributed by atoms with Gasteiger partial charge >= 0.3 is 6.09 Å². The number of benzene rings is 1. The van der Waals surface area contributed by atoms with Crippen molar-refractivity contribution >= 4 is 29.2 Å². The molecule has 116 valence electrons. The quantitative estimate of drug-likeness (QED) is 0.875. The van der Waals surface area contributed by atoms with Gasteiger partial charge in [0.05, 0.1) is 11.4 Å². The molecule has 0 spiro atoms. The maximum atomic E-state index is 11.9. The molecule has 0 aliphatic carbocycles. The van der Waals surface area contributed by atoms with Gasteiger partial charge in [-0.25, -0.2) is 4.79 Å². The zero-order chi connectivity index (χ0) is 15.3. The molecule has 1 atom stereocenters. The average Bonchev–Trinajstić information content (AvgIpc) is 2.88. The second kappa shape index (κ2) is 7.07. The van der Waals surface area contributed by atoms with E-state index < -0.39 is 11.7 Å². The summed E-state index contributed by atoms with van der Waals surface area (Å²) in [7, 11) is 0. The normalized spacial score (nSPS) is 18.3. The molecule has 1 amide bonds. The lowest BCUT2D eigenvalue weighted by Crippen LogP contribution is -2.27. The zero-order valence-electron chi connectivity index (χ0n) is 12.9. The van der Waals surface area contributed by atoms with E-state index in [2.05, 4.69) is 10.6 Å². The summed E-state index contributed by atoms with van der Waals surface area (Å²) in [4.78, 5) is 11.9. The average molecular weight is 308 g/mol. The Bertz CT molecular complexity index is 479. The summed E-state index contributed by atoms with van der Waals surface area (Å²) in [5.41, 5.74) is 1.21. The summed E-state index contributed by atoms with van der Waals surface area (Å²) in [6.45, 7) is 6.51. The number of hydrogen-bond acceptors (Lipinski definition) is 4. The largest absolute Gasteiger partial charge is 0.444 e. The van der Waals surface area contributed by atoms with E-state index in [4.69, 9.17) is 4.74 Å². The predicted octanol–water partition coefficient (Wildman–Crippen LogP) is 4.20. The first-order valence-corrected chi connectivity index (χ1v) is 8.50. The van der Waals surface area contributed by atoms with Crippen LogP contribution < -0.4 is 10.6 Å². The molecule has 1 aliphatic rings. The van der Waals surface area contributed by atoms with Crippen LogP contribution in [0.2, 0.25) is 0 Å². The van der Waals surface area contributed by atoms with Gasteiger partial charge in [-0.15, -0.1) is 0 Å². The van der Waals surface area contributed by atoms with Crippen LogP contribution in [0.25, 0.3) is 0 Å². The van der Waals surface area contributed by atoms with E-state index in [1.807, 2.05) is 56.8 Å². The molecular formula is C16H24N2O2S. The Morgan fingerprint density at radius 1 is 1.33 bits per heavy atom. The highest BCUT2D eigenvalue weighted by atomic mass is 32.2. The summed E-state index contributed by atoms with van der Waals surface area (Å²) >= 11 is 2.01. The summed E-state index contributed by atoms with van der Waals surface area (Å²) in [5, 5.41) is 6.25. The highest BCUT2D eigenvalue weighted by molar-refractivity contribution is 7.99. The third kappa shape index (κ3) is 5.50. The number of nitrogens with one attached hydrogen (secondary N) is 2. The topological polar surface area (TPSA) is 50.4 Å². The first kappa shape index (κ1) is 16.0. The number of anilines is 2. The number of para-hydroxylation sites is 2. The Kier molecular flexibility index (Phi) is 5.39. The van der Waals surface area contributed by atoms with Crippen LogP contribution >= 0.6 is 11.8 Å². The summed E-state index contributed by atoms with van der Waals surface area (Å²) in [6.07, 6.45) is 0.840. The number of rotatable bonds is 4. The van der Waals surface area contributed by atoms with Crippen molar-refractivity contribution in [2.45, 2.75) is 32.8 Å². The molecule has 1 saturated heterocycles. The van der Waals surface area contributed by atoms with E-state index in [-0.39, 0.29) is 0 Å². The van der Waals surface area contributed by atoms with Crippen LogP contribution in [0.5, 0.6) is 0 Å². The predicted molar refractivity (Wildman–Crippen MR) is 90.2 cm³/mol. The van der Waals surface area contributed by atoms with E-state index in [9.17, 15) is 4.79 Å². The lowest BCUT2D eigenvalue weighted by atomic mass is 10.1. The first-order valence-electron chi connectivity index (χ1n) is 7.35. The van der Waals surface area contributed by atoms with Crippen LogP contribution in [0.15, 0.2) is 24.3 Å². The van der Waals surface area contributed by atoms with Crippen LogP contribution in [0.1, 0.15) is 27.2 Å². The second-order valence-electron chi connectivity index (χ2n) is 6.28. The maximum Gasteiger partial charge on any atom is 0.412 e. The molecule has 0 saturated carbocycles. The monoisotopic (exact) mass is 308 g/mol. The SMILES string of the molecule is CC(C)(C)OC(=O)Nc1ccccc1NCC1CCSC1. The molecule has 1 aromatic rings. The number of ether oxygens (including phenoxy) is 1. The third-order valence-corrected chi connectivity index (χ3v) is 4.40. The van der Waals surface area contributed by atoms with Gasteiger partial charge in [-0.1, -0.05) is 12.1 Å². The zero-order valence-corrected chi connectivity index (χ0v) is 13.8. The van der Waals surface area contributed by atoms with E-state index in [1.54, 1.807) is 0 Å². The van der Waals surface area contributed by atoms with Gasteiger partial charge in [0.25, 0.3) is 0 Å². The molecule has 2 N–H and O–H groups in total. The van der Waals surface area contributed by atoms with Crippen molar-refractivity contribution in [3.05, 3.63) is 24.3 Å². The Morgan fingerprint density at radius 2 is 2.05 bits per heavy atom. The molecule has 2 rings (SSSR count). The van der Waals surface area contributed by atoms with Crippen LogP contribution in [0.3, 0.4) is 0 Å². The maximum absolute atomic E-state index is 11.9. The second-order valence-corrected chi connectivity index (χ2v) is 7.43. The molecule has 1 fully saturated rings. The van der Waals surface area contributed by atoms with Gasteiger partial charge in [-0.3, -0.25) is 5.32 Å². The van der Waals surface area contributed by atoms with Crippen LogP contribution in [-0.2, 0) is 4.74 Å². The molecule has 1 aromatic carbocycles. The van der Waals surface area contributed by atoms with Crippen LogP contribution in [-0.4, -0.2) is 29.7 Å². The highest BCUT2D eigenvalue weighted by Crippen LogP contribution is 2.26. The molecule has 4 nitrogen and oxygen atoms in total. The fraction of sp³-hybridized carbons (Fsp3) is 0.562. The Labute approximate surface area is 131 Å². The lowest BCUT2D eigenvalue weighted by molar-refractivity contribution is 0.0636. The Morgan fingerprint density at radius 3 is 2.67 bits per heavy atom. The minimum Gasteiger partial charge on any atom is -0.444 e. The molecule has 0 radical (unpaired) electrons. The number of amides is 1. The number of carbonyl (C=O) groups excluding carboxylic acids is 1. The summed E-state index contributed by atoms with van der Waals surface area (Å²) < 4.78 is 5.29. The molecule has 0 aromatic heterocycles. The molecule has 1 heterocycles. The van der Waals surface area contributed by atoms with Crippen molar-refractivity contribution in [3.63, 3.8) is 0 Å². The van der Waals surface area contributed by atoms with Gasteiger partial charge < -0.3 is 10.1 Å².